The van der Waals surface area contributed by atoms with E-state index in [4.69, 9.17) is 0 Å². The highest BCUT2D eigenvalue weighted by molar-refractivity contribution is 7.12. The van der Waals surface area contributed by atoms with Gasteiger partial charge in [0.1, 0.15) is 5.82 Å². The number of halogens is 1. The van der Waals surface area contributed by atoms with Crippen LogP contribution < -0.4 is 0 Å². The van der Waals surface area contributed by atoms with Crippen molar-refractivity contribution in [3.05, 3.63) is 64.2 Å². The van der Waals surface area contributed by atoms with Crippen LogP contribution in [0.5, 0.6) is 0 Å². The minimum Gasteiger partial charge on any atom is -0.345 e. The zero-order valence-electron chi connectivity index (χ0n) is 18.1. The Labute approximate surface area is 191 Å². The number of nitrogens with one attached hydrogen (secondary N) is 1. The van der Waals surface area contributed by atoms with Gasteiger partial charge in [-0.2, -0.15) is 5.10 Å². The minimum absolute atomic E-state index is 0.0218. The standard InChI is InChI=1S/C24H27FN4O2S/c1-28(11-4-9-20-15-21(27-26-20)17-6-2-8-19(25)14-17)23(30)18-7-3-12-29(16-18)24(31)22-10-5-13-32-22/h2,5-6,8,10,13-15,18H,3-4,7,9,11-12,16H2,1H3,(H,26,27). The van der Waals surface area contributed by atoms with Crippen molar-refractivity contribution in [2.45, 2.75) is 25.7 Å². The van der Waals surface area contributed by atoms with Gasteiger partial charge in [-0.15, -0.1) is 11.3 Å². The largest absolute Gasteiger partial charge is 0.345 e. The molecule has 3 aromatic rings. The number of aromatic nitrogens is 2. The van der Waals surface area contributed by atoms with Crippen molar-refractivity contribution in [3.8, 4) is 11.3 Å². The van der Waals surface area contributed by atoms with Crippen LogP contribution >= 0.6 is 11.3 Å². The lowest BCUT2D eigenvalue weighted by atomic mass is 9.96. The molecular formula is C24H27FN4O2S. The Morgan fingerprint density at radius 2 is 2.16 bits per heavy atom. The number of hydrogen-bond donors (Lipinski definition) is 1. The van der Waals surface area contributed by atoms with Crippen molar-refractivity contribution in [2.24, 2.45) is 5.92 Å². The summed E-state index contributed by atoms with van der Waals surface area (Å²) in [5.41, 5.74) is 2.40. The monoisotopic (exact) mass is 454 g/mol. The lowest BCUT2D eigenvalue weighted by Gasteiger charge is -2.33. The van der Waals surface area contributed by atoms with Gasteiger partial charge in [-0.25, -0.2) is 4.39 Å². The van der Waals surface area contributed by atoms with E-state index in [2.05, 4.69) is 10.2 Å². The molecule has 4 rings (SSSR count). The second kappa shape index (κ2) is 10.1. The fourth-order valence-electron chi connectivity index (χ4n) is 4.13. The van der Waals surface area contributed by atoms with Crippen molar-refractivity contribution < 1.29 is 14.0 Å². The minimum atomic E-state index is -0.287. The van der Waals surface area contributed by atoms with Gasteiger partial charge in [-0.05, 0) is 55.3 Å². The number of hydrogen-bond acceptors (Lipinski definition) is 4. The summed E-state index contributed by atoms with van der Waals surface area (Å²) >= 11 is 1.44. The second-order valence-electron chi connectivity index (χ2n) is 8.22. The maximum Gasteiger partial charge on any atom is 0.263 e. The van der Waals surface area contributed by atoms with E-state index >= 15 is 0 Å². The van der Waals surface area contributed by atoms with Gasteiger partial charge in [0.05, 0.1) is 16.5 Å². The highest BCUT2D eigenvalue weighted by Crippen LogP contribution is 2.22. The molecule has 1 N–H and O–H groups in total. The van der Waals surface area contributed by atoms with E-state index in [1.807, 2.05) is 41.6 Å². The second-order valence-corrected chi connectivity index (χ2v) is 9.17. The number of carbonyl (C=O) groups is 2. The summed E-state index contributed by atoms with van der Waals surface area (Å²) in [5.74, 6) is -0.317. The van der Waals surface area contributed by atoms with Crippen LogP contribution in [0.2, 0.25) is 0 Å². The summed E-state index contributed by atoms with van der Waals surface area (Å²) in [4.78, 5) is 29.9. The highest BCUT2D eigenvalue weighted by atomic mass is 32.1. The van der Waals surface area contributed by atoms with Crippen LogP contribution in [-0.2, 0) is 11.2 Å². The fourth-order valence-corrected chi connectivity index (χ4v) is 4.82. The molecule has 0 radical (unpaired) electrons. The lowest BCUT2D eigenvalue weighted by molar-refractivity contribution is -0.135. The summed E-state index contributed by atoms with van der Waals surface area (Å²) in [6.07, 6.45) is 3.19. The maximum atomic E-state index is 13.4. The first-order valence-corrected chi connectivity index (χ1v) is 11.8. The van der Waals surface area contributed by atoms with E-state index in [0.29, 0.717) is 25.3 Å². The fraction of sp³-hybridized carbons (Fsp3) is 0.375. The highest BCUT2D eigenvalue weighted by Gasteiger charge is 2.30. The number of thiophene rings is 1. The third-order valence-corrected chi connectivity index (χ3v) is 6.71. The SMILES string of the molecule is CN(CCCc1cc(-c2cccc(F)c2)n[nH]1)C(=O)C1CCCN(C(=O)c2cccs2)C1. The maximum absolute atomic E-state index is 13.4. The number of nitrogens with zero attached hydrogens (tertiary/aromatic N) is 3. The van der Waals surface area contributed by atoms with E-state index in [-0.39, 0.29) is 23.5 Å². The van der Waals surface area contributed by atoms with Gasteiger partial charge in [0.25, 0.3) is 5.91 Å². The van der Waals surface area contributed by atoms with E-state index in [9.17, 15) is 14.0 Å². The third kappa shape index (κ3) is 5.24. The number of likely N-dealkylation sites (tertiary alicyclic amines) is 1. The third-order valence-electron chi connectivity index (χ3n) is 5.86. The van der Waals surface area contributed by atoms with Gasteiger partial charge in [-0.3, -0.25) is 14.7 Å². The molecule has 0 spiro atoms. The number of amides is 2. The summed E-state index contributed by atoms with van der Waals surface area (Å²) in [7, 11) is 1.83. The molecule has 0 bridgehead atoms. The molecule has 3 heterocycles. The van der Waals surface area contributed by atoms with Crippen molar-refractivity contribution in [1.82, 2.24) is 20.0 Å². The number of rotatable bonds is 7. The number of benzene rings is 1. The van der Waals surface area contributed by atoms with Gasteiger partial charge in [0.2, 0.25) is 5.91 Å². The lowest BCUT2D eigenvalue weighted by Crippen LogP contribution is -2.46. The number of carbonyl (C=O) groups excluding carboxylic acids is 2. The Hall–Kier alpha value is -3.00. The Kier molecular flexibility index (Phi) is 6.99. The summed E-state index contributed by atoms with van der Waals surface area (Å²) in [6, 6.07) is 12.0. The molecule has 1 unspecified atom stereocenters. The van der Waals surface area contributed by atoms with Crippen LogP contribution in [-0.4, -0.2) is 58.5 Å². The molecule has 32 heavy (non-hydrogen) atoms. The molecule has 1 aliphatic rings. The molecule has 1 fully saturated rings. The first-order chi connectivity index (χ1) is 15.5. The van der Waals surface area contributed by atoms with E-state index in [0.717, 1.165) is 41.8 Å². The van der Waals surface area contributed by atoms with Gasteiger partial charge in [-0.1, -0.05) is 18.2 Å². The van der Waals surface area contributed by atoms with E-state index in [1.54, 1.807) is 11.0 Å². The molecule has 168 valence electrons. The predicted octanol–water partition coefficient (Wildman–Crippen LogP) is 4.22. The van der Waals surface area contributed by atoms with Gasteiger partial charge >= 0.3 is 0 Å². The van der Waals surface area contributed by atoms with Crippen molar-refractivity contribution in [1.29, 1.82) is 0 Å². The van der Waals surface area contributed by atoms with Gasteiger partial charge < -0.3 is 9.80 Å². The molecule has 0 saturated carbocycles. The van der Waals surface area contributed by atoms with Crippen LogP contribution in [0.15, 0.2) is 47.8 Å². The smallest absolute Gasteiger partial charge is 0.263 e. The molecule has 2 aromatic heterocycles. The Morgan fingerprint density at radius 1 is 1.28 bits per heavy atom. The molecule has 8 heteroatoms. The average molecular weight is 455 g/mol. The first-order valence-electron chi connectivity index (χ1n) is 10.9. The van der Waals surface area contributed by atoms with Crippen LogP contribution in [0.1, 0.15) is 34.6 Å². The number of aromatic amines is 1. The van der Waals surface area contributed by atoms with Crippen LogP contribution in [0.4, 0.5) is 4.39 Å². The van der Waals surface area contributed by atoms with Crippen molar-refractivity contribution >= 4 is 23.2 Å². The van der Waals surface area contributed by atoms with Crippen molar-refractivity contribution in [3.63, 3.8) is 0 Å². The quantitative estimate of drug-likeness (QED) is 0.581. The molecule has 2 amide bonds. The molecule has 6 nitrogen and oxygen atoms in total. The van der Waals surface area contributed by atoms with Crippen molar-refractivity contribution in [2.75, 3.05) is 26.7 Å². The summed E-state index contributed by atoms with van der Waals surface area (Å²) in [6.45, 7) is 1.82. The molecule has 1 aliphatic heterocycles. The normalized spacial score (nSPS) is 16.2. The topological polar surface area (TPSA) is 69.3 Å². The zero-order chi connectivity index (χ0) is 22.5. The van der Waals surface area contributed by atoms with Crippen LogP contribution in [0.3, 0.4) is 0 Å². The summed E-state index contributed by atoms with van der Waals surface area (Å²) in [5, 5.41) is 9.17. The predicted molar refractivity (Wildman–Crippen MR) is 123 cm³/mol. The Balaban J connectivity index is 1.26. The molecule has 1 saturated heterocycles. The van der Waals surface area contributed by atoms with E-state index in [1.165, 1.54) is 23.5 Å². The van der Waals surface area contributed by atoms with E-state index < -0.39 is 0 Å². The average Bonchev–Trinajstić information content (AvgIpc) is 3.51. The van der Waals surface area contributed by atoms with Gasteiger partial charge in [0, 0.05) is 37.9 Å². The van der Waals surface area contributed by atoms with Crippen LogP contribution in [0.25, 0.3) is 11.3 Å². The summed E-state index contributed by atoms with van der Waals surface area (Å²) < 4.78 is 13.4. The van der Waals surface area contributed by atoms with Gasteiger partial charge in [0.15, 0.2) is 0 Å². The Morgan fingerprint density at radius 3 is 2.94 bits per heavy atom. The first kappa shape index (κ1) is 22.2. The Bertz CT molecular complexity index is 1070. The molecule has 1 aromatic carbocycles. The van der Waals surface area contributed by atoms with Crippen LogP contribution in [0, 0.1) is 11.7 Å². The molecule has 0 aliphatic carbocycles. The number of aryl methyl sites for hydroxylation is 1. The molecule has 1 atom stereocenters. The number of H-pyrrole nitrogens is 1. The zero-order valence-corrected chi connectivity index (χ0v) is 18.9. The molecular weight excluding hydrogens is 427 g/mol. The number of piperidine rings is 1.